The van der Waals surface area contributed by atoms with Gasteiger partial charge in [-0.2, -0.15) is 0 Å². The highest BCUT2D eigenvalue weighted by Gasteiger charge is 2.57. The second kappa shape index (κ2) is 9.19. The maximum absolute atomic E-state index is 14.6. The number of amides is 1. The molecule has 0 aliphatic carbocycles. The van der Waals surface area contributed by atoms with Crippen LogP contribution in [-0.4, -0.2) is 19.0 Å². The number of anilines is 3. The molecule has 0 saturated carbocycles. The van der Waals surface area contributed by atoms with Crippen molar-refractivity contribution in [2.45, 2.75) is 47.1 Å². The Bertz CT molecular complexity index is 1560. The molecule has 2 N–H and O–H groups in total. The normalized spacial score (nSPS) is 14.5. The van der Waals surface area contributed by atoms with E-state index in [2.05, 4.69) is 101 Å². The smallest absolute Gasteiger partial charge is 0.260 e. The van der Waals surface area contributed by atoms with E-state index in [0.29, 0.717) is 0 Å². The second-order valence-electron chi connectivity index (χ2n) is 10.6. The number of hydrogen-bond acceptors (Lipinski definition) is 4. The van der Waals surface area contributed by atoms with Crippen LogP contribution in [-0.2, 0) is 5.54 Å². The molecule has 0 atom stereocenters. The summed E-state index contributed by atoms with van der Waals surface area (Å²) in [6.45, 7) is 14.2. The van der Waals surface area contributed by atoms with Gasteiger partial charge in [-0.15, -0.1) is 0 Å². The fourth-order valence-electron chi connectivity index (χ4n) is 6.47. The first kappa shape index (κ1) is 25.1. The van der Waals surface area contributed by atoms with Crippen molar-refractivity contribution in [3.05, 3.63) is 111 Å². The summed E-state index contributed by atoms with van der Waals surface area (Å²) in [4.78, 5) is 16.6. The topological polar surface area (TPSA) is 53.6 Å². The van der Waals surface area contributed by atoms with Crippen molar-refractivity contribution < 1.29 is 9.53 Å². The average Bonchev–Trinajstić information content (AvgIpc) is 3.16. The number of rotatable bonds is 5. The zero-order chi connectivity index (χ0) is 27.5. The Hall–Kier alpha value is -4.25. The van der Waals surface area contributed by atoms with Gasteiger partial charge in [-0.3, -0.25) is 9.69 Å². The van der Waals surface area contributed by atoms with E-state index in [1.54, 1.807) is 0 Å². The van der Waals surface area contributed by atoms with E-state index in [0.717, 1.165) is 86.2 Å². The standard InChI is InChI=1S/C34H35N3O2/c1-7-35-28-18-30-26(16-22(28)5)34(27-17-23(6)29(36-8-2)19-31(27)39-30)25-15-10-9-14-24(25)33(38)37(34)32-20(3)12-11-13-21(32)4/h9-19,35-36H,7-8H2,1-6H3. The van der Waals surface area contributed by atoms with E-state index >= 15 is 0 Å². The van der Waals surface area contributed by atoms with Crippen LogP contribution in [0.25, 0.3) is 0 Å². The quantitative estimate of drug-likeness (QED) is 0.283. The Labute approximate surface area is 230 Å². The lowest BCUT2D eigenvalue weighted by molar-refractivity contribution is 0.0985. The van der Waals surface area contributed by atoms with Crippen LogP contribution >= 0.6 is 0 Å². The molecule has 0 saturated heterocycles. The van der Waals surface area contributed by atoms with Crippen LogP contribution < -0.4 is 20.3 Å². The number of fused-ring (bicyclic) bond motifs is 6. The Kier molecular flexibility index (Phi) is 5.91. The molecule has 0 fully saturated rings. The van der Waals surface area contributed by atoms with Crippen LogP contribution in [0.3, 0.4) is 0 Å². The molecular weight excluding hydrogens is 482 g/mol. The van der Waals surface area contributed by atoms with E-state index < -0.39 is 5.54 Å². The first-order valence-electron chi connectivity index (χ1n) is 13.8. The first-order chi connectivity index (χ1) is 18.8. The number of para-hydroxylation sites is 1. The first-order valence-corrected chi connectivity index (χ1v) is 13.8. The van der Waals surface area contributed by atoms with Gasteiger partial charge < -0.3 is 15.4 Å². The number of benzene rings is 4. The summed E-state index contributed by atoms with van der Waals surface area (Å²) in [5.41, 5.74) is 10.1. The zero-order valence-corrected chi connectivity index (χ0v) is 23.5. The van der Waals surface area contributed by atoms with Gasteiger partial charge in [-0.1, -0.05) is 36.4 Å². The predicted octanol–water partition coefficient (Wildman–Crippen LogP) is 7.84. The second-order valence-corrected chi connectivity index (χ2v) is 10.6. The molecule has 0 aromatic heterocycles. The van der Waals surface area contributed by atoms with Gasteiger partial charge in [0.05, 0.1) is 5.69 Å². The number of nitrogens with one attached hydrogen (secondary N) is 2. The maximum atomic E-state index is 14.6. The summed E-state index contributed by atoms with van der Waals surface area (Å²) in [6.07, 6.45) is 0. The molecule has 1 amide bonds. The van der Waals surface area contributed by atoms with Crippen LogP contribution in [0.2, 0.25) is 0 Å². The van der Waals surface area contributed by atoms with Crippen LogP contribution in [0.4, 0.5) is 17.1 Å². The lowest BCUT2D eigenvalue weighted by atomic mass is 9.73. The molecule has 0 unspecified atom stereocenters. The van der Waals surface area contributed by atoms with Crippen molar-refractivity contribution in [2.75, 3.05) is 28.6 Å². The predicted molar refractivity (Wildman–Crippen MR) is 160 cm³/mol. The van der Waals surface area contributed by atoms with Gasteiger partial charge in [-0.25, -0.2) is 0 Å². The summed E-state index contributed by atoms with van der Waals surface area (Å²) in [5, 5.41) is 6.97. The highest BCUT2D eigenvalue weighted by molar-refractivity contribution is 6.15. The van der Waals surface area contributed by atoms with E-state index in [9.17, 15) is 4.79 Å². The maximum Gasteiger partial charge on any atom is 0.260 e. The Morgan fingerprint density at radius 1 is 0.692 bits per heavy atom. The number of nitrogens with zero attached hydrogens (tertiary/aromatic N) is 1. The van der Waals surface area contributed by atoms with Gasteiger partial charge in [-0.05, 0) is 82.0 Å². The summed E-state index contributed by atoms with van der Waals surface area (Å²) in [5.74, 6) is 1.52. The lowest BCUT2D eigenvalue weighted by Gasteiger charge is -2.45. The van der Waals surface area contributed by atoms with Crippen molar-refractivity contribution in [3.8, 4) is 11.5 Å². The lowest BCUT2D eigenvalue weighted by Crippen LogP contribution is -2.48. The van der Waals surface area contributed by atoms with Crippen molar-refractivity contribution in [1.82, 2.24) is 0 Å². The third-order valence-electron chi connectivity index (χ3n) is 8.14. The number of ether oxygens (including phenoxy) is 1. The Balaban J connectivity index is 1.79. The summed E-state index contributed by atoms with van der Waals surface area (Å²) in [7, 11) is 0. The molecule has 39 heavy (non-hydrogen) atoms. The van der Waals surface area contributed by atoms with Gasteiger partial charge in [0, 0.05) is 58.9 Å². The Morgan fingerprint density at radius 3 is 1.77 bits per heavy atom. The minimum Gasteiger partial charge on any atom is -0.456 e. The SMILES string of the molecule is CCNc1cc2c(cc1C)C1(c3cc(C)c(NCC)cc3O2)c2ccccc2C(=O)N1c1c(C)cccc1C. The van der Waals surface area contributed by atoms with Gasteiger partial charge in [0.25, 0.3) is 5.91 Å². The molecular formula is C34H35N3O2. The fourth-order valence-corrected chi connectivity index (χ4v) is 6.47. The highest BCUT2D eigenvalue weighted by Crippen LogP contribution is 2.60. The van der Waals surface area contributed by atoms with Crippen LogP contribution in [0.1, 0.15) is 63.1 Å². The molecule has 4 aromatic carbocycles. The third-order valence-corrected chi connectivity index (χ3v) is 8.14. The molecule has 1 spiro atoms. The number of carbonyl (C=O) groups excluding carboxylic acids is 1. The van der Waals surface area contributed by atoms with Crippen molar-refractivity contribution in [3.63, 3.8) is 0 Å². The van der Waals surface area contributed by atoms with E-state index in [1.165, 1.54) is 0 Å². The fraction of sp³-hybridized carbons (Fsp3) is 0.265. The summed E-state index contributed by atoms with van der Waals surface area (Å²) < 4.78 is 6.73. The monoisotopic (exact) mass is 517 g/mol. The molecule has 198 valence electrons. The summed E-state index contributed by atoms with van der Waals surface area (Å²) >= 11 is 0. The minimum atomic E-state index is -0.890. The van der Waals surface area contributed by atoms with Gasteiger partial charge in [0.1, 0.15) is 17.0 Å². The molecule has 5 nitrogen and oxygen atoms in total. The van der Waals surface area contributed by atoms with Crippen molar-refractivity contribution >= 4 is 23.0 Å². The molecule has 4 aromatic rings. The van der Waals surface area contributed by atoms with E-state index in [4.69, 9.17) is 4.74 Å². The molecule has 6 rings (SSSR count). The van der Waals surface area contributed by atoms with Crippen molar-refractivity contribution in [2.24, 2.45) is 0 Å². The zero-order valence-electron chi connectivity index (χ0n) is 23.5. The molecule has 0 radical (unpaired) electrons. The number of hydrogen-bond donors (Lipinski definition) is 2. The van der Waals surface area contributed by atoms with Crippen LogP contribution in [0.5, 0.6) is 11.5 Å². The molecule has 5 heteroatoms. The minimum absolute atomic E-state index is 0.00336. The largest absolute Gasteiger partial charge is 0.456 e. The van der Waals surface area contributed by atoms with Crippen LogP contribution in [0.15, 0.2) is 66.7 Å². The Morgan fingerprint density at radius 2 is 1.23 bits per heavy atom. The average molecular weight is 518 g/mol. The van der Waals surface area contributed by atoms with Gasteiger partial charge in [0.15, 0.2) is 0 Å². The third kappa shape index (κ3) is 3.49. The van der Waals surface area contributed by atoms with E-state index in [1.807, 2.05) is 23.1 Å². The molecule has 0 bridgehead atoms. The number of carbonyl (C=O) groups is 1. The number of aryl methyl sites for hydroxylation is 4. The molecule has 2 heterocycles. The molecule has 2 aliphatic heterocycles. The van der Waals surface area contributed by atoms with E-state index in [-0.39, 0.29) is 5.91 Å². The van der Waals surface area contributed by atoms with Gasteiger partial charge >= 0.3 is 0 Å². The summed E-state index contributed by atoms with van der Waals surface area (Å²) in [6, 6.07) is 22.9. The van der Waals surface area contributed by atoms with Crippen molar-refractivity contribution in [1.29, 1.82) is 0 Å². The van der Waals surface area contributed by atoms with Crippen LogP contribution in [0, 0.1) is 27.7 Å². The van der Waals surface area contributed by atoms with Gasteiger partial charge in [0.2, 0.25) is 0 Å². The highest BCUT2D eigenvalue weighted by atomic mass is 16.5. The molecule has 2 aliphatic rings.